The highest BCUT2D eigenvalue weighted by atomic mass is 19.1. The van der Waals surface area contributed by atoms with Crippen LogP contribution >= 0.6 is 0 Å². The summed E-state index contributed by atoms with van der Waals surface area (Å²) in [7, 11) is 0. The van der Waals surface area contributed by atoms with Crippen LogP contribution in [0.2, 0.25) is 0 Å². The van der Waals surface area contributed by atoms with E-state index < -0.39 is 0 Å². The Hall–Kier alpha value is -2.95. The SMILES string of the molecule is Cc1ccc(COc2c(C3CCC3)ccc(-c3cnc(N)cn3)c2F)cc1. The van der Waals surface area contributed by atoms with Crippen molar-refractivity contribution >= 4 is 5.82 Å². The fourth-order valence-corrected chi connectivity index (χ4v) is 3.27. The monoisotopic (exact) mass is 363 g/mol. The zero-order chi connectivity index (χ0) is 18.8. The molecular weight excluding hydrogens is 341 g/mol. The van der Waals surface area contributed by atoms with Gasteiger partial charge >= 0.3 is 0 Å². The highest BCUT2D eigenvalue weighted by molar-refractivity contribution is 5.64. The van der Waals surface area contributed by atoms with Crippen molar-refractivity contribution in [1.82, 2.24) is 9.97 Å². The van der Waals surface area contributed by atoms with E-state index in [0.717, 1.165) is 24.0 Å². The molecule has 0 amide bonds. The van der Waals surface area contributed by atoms with E-state index in [0.29, 0.717) is 35.3 Å². The van der Waals surface area contributed by atoms with E-state index in [1.54, 1.807) is 6.07 Å². The van der Waals surface area contributed by atoms with Crippen molar-refractivity contribution < 1.29 is 9.13 Å². The van der Waals surface area contributed by atoms with Gasteiger partial charge in [0.05, 0.1) is 18.1 Å². The summed E-state index contributed by atoms with van der Waals surface area (Å²) >= 11 is 0. The zero-order valence-electron chi connectivity index (χ0n) is 15.3. The molecule has 0 radical (unpaired) electrons. The summed E-state index contributed by atoms with van der Waals surface area (Å²) in [6.45, 7) is 2.36. The largest absolute Gasteiger partial charge is 0.486 e. The summed E-state index contributed by atoms with van der Waals surface area (Å²) in [5.41, 5.74) is 9.56. The molecule has 1 aliphatic carbocycles. The molecule has 4 nitrogen and oxygen atoms in total. The van der Waals surface area contributed by atoms with E-state index >= 15 is 4.39 Å². The minimum absolute atomic E-state index is 0.307. The van der Waals surface area contributed by atoms with E-state index in [1.807, 2.05) is 37.3 Å². The summed E-state index contributed by atoms with van der Waals surface area (Å²) in [6.07, 6.45) is 6.24. The van der Waals surface area contributed by atoms with Crippen molar-refractivity contribution in [2.45, 2.75) is 38.7 Å². The number of aromatic nitrogens is 2. The average molecular weight is 363 g/mol. The second-order valence-corrected chi connectivity index (χ2v) is 7.07. The third-order valence-corrected chi connectivity index (χ3v) is 5.12. The van der Waals surface area contributed by atoms with Crippen LogP contribution in [0.15, 0.2) is 48.8 Å². The third kappa shape index (κ3) is 3.63. The number of benzene rings is 2. The Morgan fingerprint density at radius 3 is 2.48 bits per heavy atom. The van der Waals surface area contributed by atoms with Gasteiger partial charge in [-0.05, 0) is 37.3 Å². The Morgan fingerprint density at radius 2 is 1.85 bits per heavy atom. The van der Waals surface area contributed by atoms with Crippen molar-refractivity contribution in [3.8, 4) is 17.0 Å². The number of nitrogen functional groups attached to an aromatic ring is 1. The number of halogens is 1. The van der Waals surface area contributed by atoms with Crippen LogP contribution in [0.5, 0.6) is 5.75 Å². The second-order valence-electron chi connectivity index (χ2n) is 7.07. The molecule has 5 heteroatoms. The van der Waals surface area contributed by atoms with Gasteiger partial charge in [0.1, 0.15) is 12.4 Å². The maximum Gasteiger partial charge on any atom is 0.174 e. The van der Waals surface area contributed by atoms with Crippen molar-refractivity contribution in [3.63, 3.8) is 0 Å². The molecule has 2 aromatic carbocycles. The molecule has 0 bridgehead atoms. The Balaban J connectivity index is 1.68. The Bertz CT molecular complexity index is 935. The van der Waals surface area contributed by atoms with Gasteiger partial charge in [-0.2, -0.15) is 0 Å². The van der Waals surface area contributed by atoms with Crippen molar-refractivity contribution in [2.24, 2.45) is 0 Å². The first-order chi connectivity index (χ1) is 13.1. The zero-order valence-corrected chi connectivity index (χ0v) is 15.3. The lowest BCUT2D eigenvalue weighted by Crippen LogP contribution is -2.12. The van der Waals surface area contributed by atoms with Gasteiger partial charge in [0.15, 0.2) is 11.6 Å². The molecule has 0 aliphatic heterocycles. The number of ether oxygens (including phenoxy) is 1. The summed E-state index contributed by atoms with van der Waals surface area (Å²) in [6, 6.07) is 11.8. The topological polar surface area (TPSA) is 61.0 Å². The van der Waals surface area contributed by atoms with Crippen molar-refractivity contribution in [2.75, 3.05) is 5.73 Å². The lowest BCUT2D eigenvalue weighted by atomic mass is 9.79. The van der Waals surface area contributed by atoms with E-state index in [-0.39, 0.29) is 5.82 Å². The van der Waals surface area contributed by atoms with Gasteiger partial charge in [-0.15, -0.1) is 0 Å². The Kier molecular flexibility index (Phi) is 4.75. The highest BCUT2D eigenvalue weighted by Crippen LogP contribution is 2.44. The van der Waals surface area contributed by atoms with Crippen molar-refractivity contribution in [1.29, 1.82) is 0 Å². The van der Waals surface area contributed by atoms with E-state index in [2.05, 4.69) is 9.97 Å². The fraction of sp³-hybridized carbons (Fsp3) is 0.273. The van der Waals surface area contributed by atoms with E-state index in [1.165, 1.54) is 24.4 Å². The Labute approximate surface area is 158 Å². The molecule has 0 unspecified atom stereocenters. The molecule has 138 valence electrons. The van der Waals surface area contributed by atoms with Gasteiger partial charge in [0.25, 0.3) is 0 Å². The molecule has 0 atom stereocenters. The first kappa shape index (κ1) is 17.5. The summed E-state index contributed by atoms with van der Waals surface area (Å²) in [4.78, 5) is 8.22. The highest BCUT2D eigenvalue weighted by Gasteiger charge is 2.27. The standard InChI is InChI=1S/C22H22FN3O/c1-14-5-7-15(8-6-14)13-27-22-17(16-3-2-4-16)9-10-18(21(22)23)19-11-26-20(24)12-25-19/h5-12,16H,2-4,13H2,1H3,(H2,24,26). The molecule has 1 aliphatic rings. The van der Waals surface area contributed by atoms with Crippen LogP contribution in [0.4, 0.5) is 10.2 Å². The minimum atomic E-state index is -0.384. The molecule has 1 aromatic heterocycles. The third-order valence-electron chi connectivity index (χ3n) is 5.12. The lowest BCUT2D eigenvalue weighted by Gasteiger charge is -2.28. The number of nitrogens with zero attached hydrogens (tertiary/aromatic N) is 2. The van der Waals surface area contributed by atoms with Gasteiger partial charge in [0, 0.05) is 11.1 Å². The predicted molar refractivity (Wildman–Crippen MR) is 104 cm³/mol. The lowest BCUT2D eigenvalue weighted by molar-refractivity contribution is 0.278. The van der Waals surface area contributed by atoms with Crippen LogP contribution in [0.25, 0.3) is 11.3 Å². The first-order valence-corrected chi connectivity index (χ1v) is 9.20. The van der Waals surface area contributed by atoms with Crippen LogP contribution in [-0.2, 0) is 6.61 Å². The van der Waals surface area contributed by atoms with Crippen LogP contribution in [0.1, 0.15) is 41.9 Å². The molecule has 27 heavy (non-hydrogen) atoms. The van der Waals surface area contributed by atoms with E-state index in [4.69, 9.17) is 10.5 Å². The maximum absolute atomic E-state index is 15.4. The number of anilines is 1. The van der Waals surface area contributed by atoms with Crippen molar-refractivity contribution in [3.05, 3.63) is 71.3 Å². The average Bonchev–Trinajstić information content (AvgIpc) is 2.62. The number of hydrogen-bond acceptors (Lipinski definition) is 4. The van der Waals surface area contributed by atoms with Crippen LogP contribution in [0, 0.1) is 12.7 Å². The molecule has 0 spiro atoms. The van der Waals surface area contributed by atoms with Gasteiger partial charge < -0.3 is 10.5 Å². The quantitative estimate of drug-likeness (QED) is 0.691. The van der Waals surface area contributed by atoms with Gasteiger partial charge in [-0.1, -0.05) is 42.3 Å². The smallest absolute Gasteiger partial charge is 0.174 e. The molecule has 4 rings (SSSR count). The number of rotatable bonds is 5. The van der Waals surface area contributed by atoms with E-state index in [9.17, 15) is 0 Å². The minimum Gasteiger partial charge on any atom is -0.486 e. The number of nitrogens with two attached hydrogens (primary N) is 1. The van der Waals surface area contributed by atoms with Gasteiger partial charge in [-0.3, -0.25) is 4.98 Å². The maximum atomic E-state index is 15.4. The second kappa shape index (κ2) is 7.35. The first-order valence-electron chi connectivity index (χ1n) is 9.20. The predicted octanol–water partition coefficient (Wildman–Crippen LogP) is 5.02. The molecule has 1 heterocycles. The summed E-state index contributed by atoms with van der Waals surface area (Å²) < 4.78 is 21.4. The Morgan fingerprint density at radius 1 is 1.07 bits per heavy atom. The fourth-order valence-electron chi connectivity index (χ4n) is 3.27. The van der Waals surface area contributed by atoms with Crippen LogP contribution in [-0.4, -0.2) is 9.97 Å². The molecule has 3 aromatic rings. The normalized spacial score (nSPS) is 14.0. The molecular formula is C22H22FN3O. The summed E-state index contributed by atoms with van der Waals surface area (Å²) in [5, 5.41) is 0. The molecule has 0 saturated heterocycles. The van der Waals surface area contributed by atoms with Crippen LogP contribution < -0.4 is 10.5 Å². The van der Waals surface area contributed by atoms with Gasteiger partial charge in [-0.25, -0.2) is 9.37 Å². The summed E-state index contributed by atoms with van der Waals surface area (Å²) in [5.74, 6) is 0.613. The molecule has 1 saturated carbocycles. The molecule has 1 fully saturated rings. The molecule has 2 N–H and O–H groups in total. The number of aryl methyl sites for hydroxylation is 1. The number of hydrogen-bond donors (Lipinski definition) is 1. The van der Waals surface area contributed by atoms with Gasteiger partial charge in [0.2, 0.25) is 0 Å². The van der Waals surface area contributed by atoms with Crippen LogP contribution in [0.3, 0.4) is 0 Å².